The Labute approximate surface area is 175 Å². The lowest BCUT2D eigenvalue weighted by molar-refractivity contribution is 0.270. The van der Waals surface area contributed by atoms with Crippen LogP contribution in [-0.2, 0) is 0 Å². The maximum absolute atomic E-state index is 6.18. The molecule has 3 unspecified atom stereocenters. The van der Waals surface area contributed by atoms with Crippen LogP contribution in [0.1, 0.15) is 57.2 Å². The van der Waals surface area contributed by atoms with Crippen molar-refractivity contribution in [3.63, 3.8) is 0 Å². The fourth-order valence-corrected chi connectivity index (χ4v) is 4.78. The molecule has 2 aromatic rings. The van der Waals surface area contributed by atoms with Gasteiger partial charge in [-0.05, 0) is 61.4 Å². The average Bonchev–Trinajstić information content (AvgIpc) is 3.23. The third-order valence-electron chi connectivity index (χ3n) is 6.31. The van der Waals surface area contributed by atoms with Gasteiger partial charge in [-0.25, -0.2) is 0 Å². The molecule has 1 heterocycles. The second-order valence-corrected chi connectivity index (χ2v) is 8.66. The zero-order chi connectivity index (χ0) is 20.4. The Morgan fingerprint density at radius 3 is 2.52 bits per heavy atom. The summed E-state index contributed by atoms with van der Waals surface area (Å²) in [6.45, 7) is 11.6. The minimum absolute atomic E-state index is 0.303. The van der Waals surface area contributed by atoms with Crippen molar-refractivity contribution in [2.45, 2.75) is 46.1 Å². The SMILES string of the molecule is CCN(CC)c1ccc(C2Nc3c(OCC(C)C)cccc3C3C=CCC32)cc1. The van der Waals surface area contributed by atoms with E-state index < -0.39 is 0 Å². The van der Waals surface area contributed by atoms with Crippen LogP contribution in [0.5, 0.6) is 5.75 Å². The summed E-state index contributed by atoms with van der Waals surface area (Å²) in [4.78, 5) is 2.39. The van der Waals surface area contributed by atoms with E-state index >= 15 is 0 Å². The zero-order valence-electron chi connectivity index (χ0n) is 18.2. The number of fused-ring (bicyclic) bond motifs is 3. The first-order chi connectivity index (χ1) is 14.1. The first kappa shape index (κ1) is 19.9. The number of hydrogen-bond donors (Lipinski definition) is 1. The highest BCUT2D eigenvalue weighted by Gasteiger charge is 2.39. The van der Waals surface area contributed by atoms with Gasteiger partial charge in [0.1, 0.15) is 5.75 Å². The topological polar surface area (TPSA) is 24.5 Å². The second-order valence-electron chi connectivity index (χ2n) is 8.66. The van der Waals surface area contributed by atoms with E-state index in [1.54, 1.807) is 0 Å². The van der Waals surface area contributed by atoms with Gasteiger partial charge in [0, 0.05) is 24.7 Å². The summed E-state index contributed by atoms with van der Waals surface area (Å²) >= 11 is 0. The summed E-state index contributed by atoms with van der Waals surface area (Å²) in [5.74, 6) is 2.51. The highest BCUT2D eigenvalue weighted by molar-refractivity contribution is 5.68. The van der Waals surface area contributed by atoms with Gasteiger partial charge in [-0.2, -0.15) is 0 Å². The van der Waals surface area contributed by atoms with E-state index in [0.29, 0.717) is 23.8 Å². The number of rotatable bonds is 7. The summed E-state index contributed by atoms with van der Waals surface area (Å²) in [6, 6.07) is 16.0. The molecule has 0 saturated heterocycles. The van der Waals surface area contributed by atoms with Gasteiger partial charge in [-0.3, -0.25) is 0 Å². The summed E-state index contributed by atoms with van der Waals surface area (Å²) in [6.07, 6.45) is 5.87. The lowest BCUT2D eigenvalue weighted by Crippen LogP contribution is -2.29. The molecule has 29 heavy (non-hydrogen) atoms. The van der Waals surface area contributed by atoms with Crippen LogP contribution in [0.4, 0.5) is 11.4 Å². The van der Waals surface area contributed by atoms with Crippen LogP contribution in [0.25, 0.3) is 0 Å². The molecule has 2 aliphatic rings. The van der Waals surface area contributed by atoms with E-state index in [1.165, 1.54) is 22.5 Å². The van der Waals surface area contributed by atoms with Crippen LogP contribution in [-0.4, -0.2) is 19.7 Å². The molecule has 0 radical (unpaired) electrons. The molecule has 154 valence electrons. The minimum atomic E-state index is 0.303. The standard InChI is InChI=1S/C26H34N2O/c1-5-28(6-2)20-15-13-19(14-16-20)25-22-10-7-9-21(22)23-11-8-12-24(26(23)27-25)29-17-18(3)4/h7-9,11-16,18,21-22,25,27H,5-6,10,17H2,1-4H3. The summed E-state index contributed by atoms with van der Waals surface area (Å²) in [5.41, 5.74) is 5.22. The van der Waals surface area contributed by atoms with Gasteiger partial charge in [-0.15, -0.1) is 0 Å². The van der Waals surface area contributed by atoms with Crippen LogP contribution in [0, 0.1) is 11.8 Å². The fraction of sp³-hybridized carbons (Fsp3) is 0.462. The van der Waals surface area contributed by atoms with E-state index in [1.807, 2.05) is 0 Å². The number of nitrogens with zero attached hydrogens (tertiary/aromatic N) is 1. The number of allylic oxidation sites excluding steroid dienone is 2. The van der Waals surface area contributed by atoms with Crippen LogP contribution in [0.3, 0.4) is 0 Å². The van der Waals surface area contributed by atoms with Crippen LogP contribution < -0.4 is 15.0 Å². The number of nitrogens with one attached hydrogen (secondary N) is 1. The summed E-state index contributed by atoms with van der Waals surface area (Å²) in [7, 11) is 0. The largest absolute Gasteiger partial charge is 0.491 e. The fourth-order valence-electron chi connectivity index (χ4n) is 4.78. The minimum Gasteiger partial charge on any atom is -0.491 e. The van der Waals surface area contributed by atoms with Crippen molar-refractivity contribution in [2.24, 2.45) is 11.8 Å². The number of anilines is 2. The van der Waals surface area contributed by atoms with Crippen LogP contribution in [0.2, 0.25) is 0 Å². The molecule has 0 bridgehead atoms. The van der Waals surface area contributed by atoms with Crippen molar-refractivity contribution < 1.29 is 4.74 Å². The van der Waals surface area contributed by atoms with Crippen molar-refractivity contribution >= 4 is 11.4 Å². The number of ether oxygens (including phenoxy) is 1. The van der Waals surface area contributed by atoms with E-state index in [2.05, 4.69) is 92.5 Å². The van der Waals surface area contributed by atoms with Gasteiger partial charge in [0.05, 0.1) is 18.3 Å². The van der Waals surface area contributed by atoms with Gasteiger partial charge in [0.15, 0.2) is 0 Å². The Bertz CT molecular complexity index is 852. The first-order valence-corrected chi connectivity index (χ1v) is 11.2. The number of para-hydroxylation sites is 1. The van der Waals surface area contributed by atoms with Crippen molar-refractivity contribution in [2.75, 3.05) is 29.9 Å². The molecule has 0 saturated carbocycles. The smallest absolute Gasteiger partial charge is 0.142 e. The number of benzene rings is 2. The van der Waals surface area contributed by atoms with Gasteiger partial charge >= 0.3 is 0 Å². The Balaban J connectivity index is 1.65. The highest BCUT2D eigenvalue weighted by atomic mass is 16.5. The molecule has 1 N–H and O–H groups in total. The zero-order valence-corrected chi connectivity index (χ0v) is 18.2. The third-order valence-corrected chi connectivity index (χ3v) is 6.31. The molecule has 3 heteroatoms. The molecule has 3 nitrogen and oxygen atoms in total. The summed E-state index contributed by atoms with van der Waals surface area (Å²) < 4.78 is 6.18. The lowest BCUT2D eigenvalue weighted by atomic mass is 9.77. The molecule has 4 rings (SSSR count). The molecular weight excluding hydrogens is 356 g/mol. The van der Waals surface area contributed by atoms with Crippen LogP contribution in [0.15, 0.2) is 54.6 Å². The molecule has 0 amide bonds. The second kappa shape index (κ2) is 8.52. The Morgan fingerprint density at radius 1 is 1.07 bits per heavy atom. The maximum atomic E-state index is 6.18. The molecule has 0 aromatic heterocycles. The molecule has 2 aromatic carbocycles. The van der Waals surface area contributed by atoms with Crippen molar-refractivity contribution in [3.05, 3.63) is 65.7 Å². The van der Waals surface area contributed by atoms with Crippen LogP contribution >= 0.6 is 0 Å². The van der Waals surface area contributed by atoms with Crippen molar-refractivity contribution in [1.82, 2.24) is 0 Å². The van der Waals surface area contributed by atoms with E-state index in [4.69, 9.17) is 4.74 Å². The van der Waals surface area contributed by atoms with E-state index in [0.717, 1.165) is 31.9 Å². The van der Waals surface area contributed by atoms with Crippen molar-refractivity contribution in [1.29, 1.82) is 0 Å². The van der Waals surface area contributed by atoms with Gasteiger partial charge < -0.3 is 15.0 Å². The predicted molar refractivity (Wildman–Crippen MR) is 123 cm³/mol. The summed E-state index contributed by atoms with van der Waals surface area (Å²) in [5, 5.41) is 3.88. The molecular formula is C26H34N2O. The lowest BCUT2D eigenvalue weighted by Gasteiger charge is -2.38. The Morgan fingerprint density at radius 2 is 1.83 bits per heavy atom. The van der Waals surface area contributed by atoms with E-state index in [9.17, 15) is 0 Å². The molecule has 1 aliphatic carbocycles. The van der Waals surface area contributed by atoms with Gasteiger partial charge in [-0.1, -0.05) is 50.3 Å². The molecule has 0 fully saturated rings. The predicted octanol–water partition coefficient (Wildman–Crippen LogP) is 6.39. The molecule has 1 aliphatic heterocycles. The van der Waals surface area contributed by atoms with Crippen molar-refractivity contribution in [3.8, 4) is 5.75 Å². The Kier molecular flexibility index (Phi) is 5.84. The number of hydrogen-bond acceptors (Lipinski definition) is 3. The molecule has 3 atom stereocenters. The maximum Gasteiger partial charge on any atom is 0.142 e. The van der Waals surface area contributed by atoms with Gasteiger partial charge in [0.25, 0.3) is 0 Å². The van der Waals surface area contributed by atoms with Gasteiger partial charge in [0.2, 0.25) is 0 Å². The highest BCUT2D eigenvalue weighted by Crippen LogP contribution is 2.52. The third kappa shape index (κ3) is 3.88. The monoisotopic (exact) mass is 390 g/mol. The average molecular weight is 391 g/mol. The Hall–Kier alpha value is -2.42. The molecule has 0 spiro atoms. The first-order valence-electron chi connectivity index (χ1n) is 11.2. The quantitative estimate of drug-likeness (QED) is 0.554. The van der Waals surface area contributed by atoms with E-state index in [-0.39, 0.29) is 0 Å². The normalized spacial score (nSPS) is 22.2.